The quantitative estimate of drug-likeness (QED) is 0.777. The summed E-state index contributed by atoms with van der Waals surface area (Å²) in [5, 5.41) is 1.64. The van der Waals surface area contributed by atoms with Crippen LogP contribution in [0.1, 0.15) is 11.1 Å². The zero-order valence-electron chi connectivity index (χ0n) is 10.2. The monoisotopic (exact) mass is 222 g/mol. The zero-order valence-corrected chi connectivity index (χ0v) is 10.2. The van der Waals surface area contributed by atoms with Gasteiger partial charge in [0.05, 0.1) is 13.5 Å². The molecule has 0 atom stereocenters. The van der Waals surface area contributed by atoms with Crippen molar-refractivity contribution in [3.8, 4) is 5.75 Å². The Labute approximate surface area is 96.2 Å². The van der Waals surface area contributed by atoms with Gasteiger partial charge in [-0.25, -0.2) is 5.01 Å². The zero-order chi connectivity index (χ0) is 12.1. The molecule has 0 aromatic heterocycles. The minimum atomic E-state index is -0.0189. The smallest absolute Gasteiger partial charge is 0.238 e. The summed E-state index contributed by atoms with van der Waals surface area (Å²) < 4.78 is 5.16. The van der Waals surface area contributed by atoms with Crippen LogP contribution in [0.5, 0.6) is 5.75 Å². The van der Waals surface area contributed by atoms with Crippen molar-refractivity contribution >= 4 is 5.91 Å². The molecular weight excluding hydrogens is 204 g/mol. The topological polar surface area (TPSA) is 41.6 Å². The number of hydrazine groups is 1. The molecule has 88 valence electrons. The van der Waals surface area contributed by atoms with E-state index in [0.29, 0.717) is 6.42 Å². The number of ether oxygens (including phenoxy) is 1. The number of amides is 1. The Kier molecular flexibility index (Phi) is 4.31. The number of benzene rings is 1. The summed E-state index contributed by atoms with van der Waals surface area (Å²) in [5.41, 5.74) is 4.73. The molecule has 1 rings (SSSR count). The molecule has 4 heteroatoms. The van der Waals surface area contributed by atoms with Gasteiger partial charge < -0.3 is 4.74 Å². The highest BCUT2D eigenvalue weighted by Crippen LogP contribution is 2.18. The molecule has 1 aromatic carbocycles. The molecule has 1 aromatic rings. The van der Waals surface area contributed by atoms with E-state index in [1.165, 1.54) is 0 Å². The predicted molar refractivity (Wildman–Crippen MR) is 63.3 cm³/mol. The van der Waals surface area contributed by atoms with Gasteiger partial charge in [0, 0.05) is 14.1 Å². The van der Waals surface area contributed by atoms with Crippen molar-refractivity contribution < 1.29 is 9.53 Å². The van der Waals surface area contributed by atoms with E-state index in [2.05, 4.69) is 5.43 Å². The summed E-state index contributed by atoms with van der Waals surface area (Å²) in [4.78, 5) is 11.5. The summed E-state index contributed by atoms with van der Waals surface area (Å²) in [6.07, 6.45) is 0.378. The average molecular weight is 222 g/mol. The Morgan fingerprint density at radius 2 is 2.12 bits per heavy atom. The number of hydrogen-bond donors (Lipinski definition) is 1. The van der Waals surface area contributed by atoms with Crippen LogP contribution in [0.15, 0.2) is 18.2 Å². The standard InChI is InChI=1S/C12H18N2O2/c1-9-7-10(5-6-11(9)16-4)8-12(15)13-14(2)3/h5-7H,8H2,1-4H3,(H,13,15). The Morgan fingerprint density at radius 3 is 2.62 bits per heavy atom. The van der Waals surface area contributed by atoms with Gasteiger partial charge in [-0.3, -0.25) is 10.2 Å². The van der Waals surface area contributed by atoms with Gasteiger partial charge in [-0.05, 0) is 24.1 Å². The van der Waals surface area contributed by atoms with E-state index >= 15 is 0 Å². The number of carbonyl (C=O) groups excluding carboxylic acids is 1. The number of rotatable bonds is 4. The van der Waals surface area contributed by atoms with Crippen molar-refractivity contribution in [1.29, 1.82) is 0 Å². The van der Waals surface area contributed by atoms with Crippen LogP contribution in [-0.2, 0) is 11.2 Å². The van der Waals surface area contributed by atoms with E-state index in [9.17, 15) is 4.79 Å². The molecule has 16 heavy (non-hydrogen) atoms. The lowest BCUT2D eigenvalue weighted by atomic mass is 10.1. The number of nitrogens with one attached hydrogen (secondary N) is 1. The normalized spacial score (nSPS) is 10.3. The molecule has 0 saturated heterocycles. The van der Waals surface area contributed by atoms with E-state index < -0.39 is 0 Å². The van der Waals surface area contributed by atoms with Gasteiger partial charge in [0.25, 0.3) is 0 Å². The van der Waals surface area contributed by atoms with Crippen molar-refractivity contribution in [1.82, 2.24) is 10.4 Å². The van der Waals surface area contributed by atoms with E-state index in [0.717, 1.165) is 16.9 Å². The Balaban J connectivity index is 2.68. The van der Waals surface area contributed by atoms with Crippen LogP contribution in [0.4, 0.5) is 0 Å². The minimum Gasteiger partial charge on any atom is -0.496 e. The summed E-state index contributed by atoms with van der Waals surface area (Å²) in [5.74, 6) is 0.825. The highest BCUT2D eigenvalue weighted by molar-refractivity contribution is 5.78. The highest BCUT2D eigenvalue weighted by Gasteiger charge is 2.05. The van der Waals surface area contributed by atoms with Gasteiger partial charge in [0.1, 0.15) is 5.75 Å². The Hall–Kier alpha value is -1.55. The van der Waals surface area contributed by atoms with E-state index in [4.69, 9.17) is 4.74 Å². The van der Waals surface area contributed by atoms with Gasteiger partial charge in [-0.15, -0.1) is 0 Å². The molecule has 0 aliphatic heterocycles. The van der Waals surface area contributed by atoms with Crippen molar-refractivity contribution in [3.63, 3.8) is 0 Å². The summed E-state index contributed by atoms with van der Waals surface area (Å²) >= 11 is 0. The van der Waals surface area contributed by atoms with Crippen LogP contribution in [0.2, 0.25) is 0 Å². The van der Waals surface area contributed by atoms with E-state index in [1.807, 2.05) is 25.1 Å². The number of hydrogen-bond acceptors (Lipinski definition) is 3. The van der Waals surface area contributed by atoms with Crippen LogP contribution in [-0.4, -0.2) is 32.1 Å². The first kappa shape index (κ1) is 12.5. The minimum absolute atomic E-state index is 0.0189. The number of methoxy groups -OCH3 is 1. The maximum atomic E-state index is 11.5. The van der Waals surface area contributed by atoms with E-state index in [1.54, 1.807) is 26.2 Å². The molecule has 0 heterocycles. The molecule has 0 fully saturated rings. The third-order valence-corrected chi connectivity index (χ3v) is 2.17. The molecule has 1 N–H and O–H groups in total. The van der Waals surface area contributed by atoms with Gasteiger partial charge in [-0.2, -0.15) is 0 Å². The van der Waals surface area contributed by atoms with E-state index in [-0.39, 0.29) is 5.91 Å². The fraction of sp³-hybridized carbons (Fsp3) is 0.417. The van der Waals surface area contributed by atoms with Crippen LogP contribution < -0.4 is 10.2 Å². The fourth-order valence-electron chi connectivity index (χ4n) is 1.52. The second-order valence-electron chi connectivity index (χ2n) is 3.91. The Bertz CT molecular complexity index is 375. The van der Waals surface area contributed by atoms with Crippen LogP contribution in [0, 0.1) is 6.92 Å². The lowest BCUT2D eigenvalue weighted by molar-refractivity contribution is -0.124. The van der Waals surface area contributed by atoms with Crippen molar-refractivity contribution in [3.05, 3.63) is 29.3 Å². The van der Waals surface area contributed by atoms with Gasteiger partial charge in [0.2, 0.25) is 5.91 Å². The van der Waals surface area contributed by atoms with Gasteiger partial charge >= 0.3 is 0 Å². The molecule has 1 amide bonds. The molecular formula is C12H18N2O2. The molecule has 0 spiro atoms. The first-order valence-corrected chi connectivity index (χ1v) is 5.13. The summed E-state index contributed by atoms with van der Waals surface area (Å²) in [6.45, 7) is 1.96. The van der Waals surface area contributed by atoms with Crippen molar-refractivity contribution in [2.75, 3.05) is 21.2 Å². The molecule has 0 aliphatic carbocycles. The predicted octanol–water partition coefficient (Wildman–Crippen LogP) is 1.14. The highest BCUT2D eigenvalue weighted by atomic mass is 16.5. The maximum Gasteiger partial charge on any atom is 0.238 e. The number of nitrogens with zero attached hydrogens (tertiary/aromatic N) is 1. The lowest BCUT2D eigenvalue weighted by Gasteiger charge is -2.12. The third kappa shape index (κ3) is 3.55. The van der Waals surface area contributed by atoms with Crippen molar-refractivity contribution in [2.24, 2.45) is 0 Å². The molecule has 0 saturated carbocycles. The van der Waals surface area contributed by atoms with Crippen LogP contribution in [0.3, 0.4) is 0 Å². The second kappa shape index (κ2) is 5.51. The fourth-order valence-corrected chi connectivity index (χ4v) is 1.52. The number of aryl methyl sites for hydroxylation is 1. The van der Waals surface area contributed by atoms with Crippen molar-refractivity contribution in [2.45, 2.75) is 13.3 Å². The third-order valence-electron chi connectivity index (χ3n) is 2.17. The lowest BCUT2D eigenvalue weighted by Crippen LogP contribution is -2.37. The molecule has 4 nitrogen and oxygen atoms in total. The first-order chi connectivity index (χ1) is 7.52. The average Bonchev–Trinajstić information content (AvgIpc) is 2.16. The van der Waals surface area contributed by atoms with Gasteiger partial charge in [-0.1, -0.05) is 12.1 Å². The molecule has 0 radical (unpaired) electrons. The summed E-state index contributed by atoms with van der Waals surface area (Å²) in [6, 6.07) is 5.75. The van der Waals surface area contributed by atoms with Crippen LogP contribution in [0.25, 0.3) is 0 Å². The maximum absolute atomic E-state index is 11.5. The molecule has 0 aliphatic rings. The molecule has 0 unspecified atom stereocenters. The van der Waals surface area contributed by atoms with Crippen LogP contribution >= 0.6 is 0 Å². The largest absolute Gasteiger partial charge is 0.496 e. The number of carbonyl (C=O) groups is 1. The Morgan fingerprint density at radius 1 is 1.44 bits per heavy atom. The first-order valence-electron chi connectivity index (χ1n) is 5.13. The SMILES string of the molecule is COc1ccc(CC(=O)NN(C)C)cc1C. The summed E-state index contributed by atoms with van der Waals surface area (Å²) in [7, 11) is 5.22. The molecule has 0 bridgehead atoms. The second-order valence-corrected chi connectivity index (χ2v) is 3.91. The van der Waals surface area contributed by atoms with Gasteiger partial charge in [0.15, 0.2) is 0 Å².